The summed E-state index contributed by atoms with van der Waals surface area (Å²) in [6.07, 6.45) is 0. The molecule has 3 N–H and O–H groups in total. The number of carbonyl (C=O) groups is 1. The van der Waals surface area contributed by atoms with Gasteiger partial charge in [0.2, 0.25) is 0 Å². The fourth-order valence-electron chi connectivity index (χ4n) is 2.23. The second-order valence-electron chi connectivity index (χ2n) is 4.90. The molecule has 0 radical (unpaired) electrons. The number of hydrogen-bond donors (Lipinski definition) is 2. The SMILES string of the molecule is CCOc1ccc(C(=O)NCCN2CCSCC2)cc1N. The van der Waals surface area contributed by atoms with Crippen molar-refractivity contribution >= 4 is 23.4 Å². The van der Waals surface area contributed by atoms with E-state index in [1.54, 1.807) is 18.2 Å². The number of nitrogens with two attached hydrogens (primary N) is 1. The van der Waals surface area contributed by atoms with Gasteiger partial charge >= 0.3 is 0 Å². The lowest BCUT2D eigenvalue weighted by molar-refractivity contribution is 0.0949. The molecular weight excluding hydrogens is 286 g/mol. The van der Waals surface area contributed by atoms with E-state index < -0.39 is 0 Å². The van der Waals surface area contributed by atoms with E-state index >= 15 is 0 Å². The second kappa shape index (κ2) is 8.14. The minimum Gasteiger partial charge on any atom is -0.492 e. The Morgan fingerprint density at radius 2 is 2.19 bits per heavy atom. The van der Waals surface area contributed by atoms with Crippen LogP contribution in [0.3, 0.4) is 0 Å². The van der Waals surface area contributed by atoms with Crippen molar-refractivity contribution in [3.8, 4) is 5.75 Å². The van der Waals surface area contributed by atoms with Crippen LogP contribution in [0.2, 0.25) is 0 Å². The largest absolute Gasteiger partial charge is 0.492 e. The van der Waals surface area contributed by atoms with Crippen LogP contribution < -0.4 is 15.8 Å². The minimum absolute atomic E-state index is 0.0869. The Hall–Kier alpha value is -1.40. The van der Waals surface area contributed by atoms with Crippen molar-refractivity contribution in [2.24, 2.45) is 0 Å². The van der Waals surface area contributed by atoms with E-state index in [-0.39, 0.29) is 5.91 Å². The zero-order valence-corrected chi connectivity index (χ0v) is 13.2. The summed E-state index contributed by atoms with van der Waals surface area (Å²) in [4.78, 5) is 14.5. The highest BCUT2D eigenvalue weighted by Gasteiger charge is 2.11. The van der Waals surface area contributed by atoms with Crippen LogP contribution in [-0.4, -0.2) is 55.1 Å². The van der Waals surface area contributed by atoms with Gasteiger partial charge in [-0.2, -0.15) is 11.8 Å². The van der Waals surface area contributed by atoms with Crippen LogP contribution in [0.1, 0.15) is 17.3 Å². The van der Waals surface area contributed by atoms with Crippen LogP contribution in [0, 0.1) is 0 Å². The number of thioether (sulfide) groups is 1. The Morgan fingerprint density at radius 1 is 1.43 bits per heavy atom. The third-order valence-corrected chi connectivity index (χ3v) is 4.33. The van der Waals surface area contributed by atoms with E-state index in [4.69, 9.17) is 10.5 Å². The Kier molecular flexibility index (Phi) is 6.20. The molecule has 5 nitrogen and oxygen atoms in total. The molecule has 1 heterocycles. The van der Waals surface area contributed by atoms with Gasteiger partial charge in [-0.3, -0.25) is 9.69 Å². The number of hydrogen-bond acceptors (Lipinski definition) is 5. The lowest BCUT2D eigenvalue weighted by Gasteiger charge is -2.26. The van der Waals surface area contributed by atoms with Crippen LogP contribution in [-0.2, 0) is 0 Å². The number of benzene rings is 1. The topological polar surface area (TPSA) is 67.6 Å². The standard InChI is InChI=1S/C15H23N3O2S/c1-2-20-14-4-3-12(11-13(14)16)15(19)17-5-6-18-7-9-21-10-8-18/h3-4,11H,2,5-10,16H2,1H3,(H,17,19). The molecule has 116 valence electrons. The molecule has 21 heavy (non-hydrogen) atoms. The van der Waals surface area contributed by atoms with E-state index in [9.17, 15) is 4.79 Å². The Labute approximate surface area is 130 Å². The summed E-state index contributed by atoms with van der Waals surface area (Å²) in [5, 5.41) is 2.94. The first-order valence-electron chi connectivity index (χ1n) is 7.31. The second-order valence-corrected chi connectivity index (χ2v) is 6.12. The number of nitrogens with zero attached hydrogens (tertiary/aromatic N) is 1. The van der Waals surface area contributed by atoms with Gasteiger partial charge in [0.15, 0.2) is 0 Å². The summed E-state index contributed by atoms with van der Waals surface area (Å²) in [7, 11) is 0. The highest BCUT2D eigenvalue weighted by molar-refractivity contribution is 7.99. The summed E-state index contributed by atoms with van der Waals surface area (Å²) in [5.74, 6) is 2.91. The van der Waals surface area contributed by atoms with Gasteiger partial charge < -0.3 is 15.8 Å². The number of nitrogens with one attached hydrogen (secondary N) is 1. The van der Waals surface area contributed by atoms with Crippen LogP contribution in [0.4, 0.5) is 5.69 Å². The zero-order valence-electron chi connectivity index (χ0n) is 12.4. The maximum absolute atomic E-state index is 12.1. The molecule has 1 aromatic rings. The smallest absolute Gasteiger partial charge is 0.251 e. The first kappa shape index (κ1) is 16.0. The van der Waals surface area contributed by atoms with Gasteiger partial charge in [-0.25, -0.2) is 0 Å². The van der Waals surface area contributed by atoms with Crippen LogP contribution in [0.5, 0.6) is 5.75 Å². The zero-order chi connectivity index (χ0) is 15.1. The van der Waals surface area contributed by atoms with Crippen LogP contribution in [0.25, 0.3) is 0 Å². The predicted molar refractivity (Wildman–Crippen MR) is 88.1 cm³/mol. The predicted octanol–water partition coefficient (Wildman–Crippen LogP) is 1.45. The molecule has 1 saturated heterocycles. The van der Waals surface area contributed by atoms with E-state index in [2.05, 4.69) is 10.2 Å². The molecular formula is C15H23N3O2S. The van der Waals surface area contributed by atoms with Crippen molar-refractivity contribution in [3.63, 3.8) is 0 Å². The number of carbonyl (C=O) groups excluding carboxylic acids is 1. The van der Waals surface area contributed by atoms with Gasteiger partial charge in [-0.1, -0.05) is 0 Å². The Bertz CT molecular complexity index is 476. The summed E-state index contributed by atoms with van der Waals surface area (Å²) < 4.78 is 5.37. The summed E-state index contributed by atoms with van der Waals surface area (Å²) in [6.45, 7) is 6.24. The third-order valence-electron chi connectivity index (χ3n) is 3.39. The monoisotopic (exact) mass is 309 g/mol. The van der Waals surface area contributed by atoms with E-state index in [1.165, 1.54) is 11.5 Å². The molecule has 0 aromatic heterocycles. The van der Waals surface area contributed by atoms with E-state index in [0.717, 1.165) is 19.6 Å². The van der Waals surface area contributed by atoms with Gasteiger partial charge in [0.1, 0.15) is 5.75 Å². The van der Waals surface area contributed by atoms with E-state index in [0.29, 0.717) is 30.2 Å². The number of rotatable bonds is 6. The molecule has 1 aliphatic rings. The van der Waals surface area contributed by atoms with Crippen molar-refractivity contribution in [2.75, 3.05) is 50.0 Å². The molecule has 0 bridgehead atoms. The molecule has 0 spiro atoms. The molecule has 1 fully saturated rings. The fraction of sp³-hybridized carbons (Fsp3) is 0.533. The summed E-state index contributed by atoms with van der Waals surface area (Å²) in [6, 6.07) is 5.15. The molecule has 1 aromatic carbocycles. The Balaban J connectivity index is 1.81. The molecule has 1 aliphatic heterocycles. The third kappa shape index (κ3) is 4.82. The first-order chi connectivity index (χ1) is 10.2. The lowest BCUT2D eigenvalue weighted by Crippen LogP contribution is -2.39. The van der Waals surface area contributed by atoms with Gasteiger partial charge in [-0.05, 0) is 25.1 Å². The van der Waals surface area contributed by atoms with Gasteiger partial charge in [-0.15, -0.1) is 0 Å². The van der Waals surface area contributed by atoms with Crippen LogP contribution in [0.15, 0.2) is 18.2 Å². The number of ether oxygens (including phenoxy) is 1. The normalized spacial score (nSPS) is 15.7. The van der Waals surface area contributed by atoms with Crippen LogP contribution >= 0.6 is 11.8 Å². The fourth-order valence-corrected chi connectivity index (χ4v) is 3.21. The molecule has 2 rings (SSSR count). The van der Waals surface area contributed by atoms with E-state index in [1.807, 2.05) is 18.7 Å². The lowest BCUT2D eigenvalue weighted by atomic mass is 10.1. The van der Waals surface area contributed by atoms with Gasteiger partial charge in [0.25, 0.3) is 5.91 Å². The molecule has 0 atom stereocenters. The first-order valence-corrected chi connectivity index (χ1v) is 8.47. The minimum atomic E-state index is -0.0869. The maximum Gasteiger partial charge on any atom is 0.251 e. The molecule has 0 unspecified atom stereocenters. The number of nitrogen functional groups attached to an aromatic ring is 1. The summed E-state index contributed by atoms with van der Waals surface area (Å²) in [5.41, 5.74) is 6.95. The average Bonchev–Trinajstić information content (AvgIpc) is 2.50. The molecule has 0 saturated carbocycles. The highest BCUT2D eigenvalue weighted by Crippen LogP contribution is 2.22. The maximum atomic E-state index is 12.1. The quantitative estimate of drug-likeness (QED) is 0.779. The highest BCUT2D eigenvalue weighted by atomic mass is 32.2. The molecule has 1 amide bonds. The molecule has 0 aliphatic carbocycles. The van der Waals surface area contributed by atoms with Gasteiger partial charge in [0.05, 0.1) is 12.3 Å². The van der Waals surface area contributed by atoms with Gasteiger partial charge in [0, 0.05) is 43.2 Å². The van der Waals surface area contributed by atoms with Crippen molar-refractivity contribution in [3.05, 3.63) is 23.8 Å². The summed E-state index contributed by atoms with van der Waals surface area (Å²) >= 11 is 1.99. The number of anilines is 1. The average molecular weight is 309 g/mol. The Morgan fingerprint density at radius 3 is 2.86 bits per heavy atom. The number of amides is 1. The van der Waals surface area contributed by atoms with Crippen molar-refractivity contribution < 1.29 is 9.53 Å². The van der Waals surface area contributed by atoms with Crippen molar-refractivity contribution in [1.29, 1.82) is 0 Å². The van der Waals surface area contributed by atoms with Crippen molar-refractivity contribution in [2.45, 2.75) is 6.92 Å². The van der Waals surface area contributed by atoms with Crippen molar-refractivity contribution in [1.82, 2.24) is 10.2 Å². The molecule has 6 heteroatoms.